The van der Waals surface area contributed by atoms with Gasteiger partial charge in [0.25, 0.3) is 0 Å². The maximum Gasteiger partial charge on any atom is 0.246 e. The Morgan fingerprint density at radius 1 is 1.12 bits per heavy atom. The van der Waals surface area contributed by atoms with Crippen LogP contribution in [0.5, 0.6) is 0 Å². The fraction of sp³-hybridized carbons (Fsp3) is 0.214. The summed E-state index contributed by atoms with van der Waals surface area (Å²) in [5.74, 6) is -0.00597. The van der Waals surface area contributed by atoms with Crippen LogP contribution < -0.4 is 0 Å². The molecule has 0 spiro atoms. The molecule has 0 aliphatic rings. The molecule has 1 aromatic carbocycles. The minimum absolute atomic E-state index is 0.00597. The van der Waals surface area contributed by atoms with Crippen LogP contribution in [0.1, 0.15) is 11.1 Å². The van der Waals surface area contributed by atoms with E-state index in [0.29, 0.717) is 0 Å². The van der Waals surface area contributed by atoms with Gasteiger partial charge >= 0.3 is 0 Å². The molecular weight excluding hydrogens is 198 g/mol. The minimum atomic E-state index is -0.00597. The summed E-state index contributed by atoms with van der Waals surface area (Å²) in [5.41, 5.74) is 2.38. The van der Waals surface area contributed by atoms with Crippen LogP contribution in [0, 0.1) is 6.92 Å². The SMILES string of the molecule is Cc1ccc(/C=C/C=C/C(=O)N(C)C)cc1. The van der Waals surface area contributed by atoms with E-state index in [1.165, 1.54) is 10.5 Å². The fourth-order valence-corrected chi connectivity index (χ4v) is 1.13. The van der Waals surface area contributed by atoms with Crippen LogP contribution in [0.15, 0.2) is 42.5 Å². The van der Waals surface area contributed by atoms with E-state index in [1.807, 2.05) is 24.3 Å². The average Bonchev–Trinajstić information content (AvgIpc) is 2.26. The Balaban J connectivity index is 2.55. The van der Waals surface area contributed by atoms with Crippen molar-refractivity contribution in [2.24, 2.45) is 0 Å². The number of benzene rings is 1. The first-order valence-electron chi connectivity index (χ1n) is 5.22. The van der Waals surface area contributed by atoms with E-state index >= 15 is 0 Å². The molecule has 16 heavy (non-hydrogen) atoms. The number of aryl methyl sites for hydroxylation is 1. The predicted molar refractivity (Wildman–Crippen MR) is 68.0 cm³/mol. The summed E-state index contributed by atoms with van der Waals surface area (Å²) in [7, 11) is 3.47. The number of hydrogen-bond donors (Lipinski definition) is 0. The van der Waals surface area contributed by atoms with E-state index in [1.54, 1.807) is 26.2 Å². The third-order valence-corrected chi connectivity index (χ3v) is 2.16. The maximum absolute atomic E-state index is 11.2. The lowest BCUT2D eigenvalue weighted by Gasteiger charge is -2.04. The Morgan fingerprint density at radius 3 is 2.31 bits per heavy atom. The first-order valence-corrected chi connectivity index (χ1v) is 5.22. The van der Waals surface area contributed by atoms with Gasteiger partial charge in [0.1, 0.15) is 0 Å². The summed E-state index contributed by atoms with van der Waals surface area (Å²) < 4.78 is 0. The molecule has 0 aliphatic heterocycles. The average molecular weight is 215 g/mol. The second-order valence-electron chi connectivity index (χ2n) is 3.86. The largest absolute Gasteiger partial charge is 0.345 e. The third kappa shape index (κ3) is 4.13. The molecule has 0 bridgehead atoms. The van der Waals surface area contributed by atoms with E-state index in [9.17, 15) is 4.79 Å². The van der Waals surface area contributed by atoms with Gasteiger partial charge in [-0.15, -0.1) is 0 Å². The Hall–Kier alpha value is -1.83. The Kier molecular flexibility index (Phi) is 4.52. The molecule has 1 aromatic rings. The summed E-state index contributed by atoms with van der Waals surface area (Å²) in [4.78, 5) is 12.7. The van der Waals surface area contributed by atoms with Crippen LogP contribution >= 0.6 is 0 Å². The molecule has 0 radical (unpaired) electrons. The molecule has 0 aliphatic carbocycles. The highest BCUT2D eigenvalue weighted by Crippen LogP contribution is 2.04. The number of hydrogen-bond acceptors (Lipinski definition) is 1. The summed E-state index contributed by atoms with van der Waals surface area (Å²) in [6, 6.07) is 8.23. The van der Waals surface area contributed by atoms with Crippen molar-refractivity contribution in [3.63, 3.8) is 0 Å². The fourth-order valence-electron chi connectivity index (χ4n) is 1.13. The van der Waals surface area contributed by atoms with Crippen molar-refractivity contribution in [3.8, 4) is 0 Å². The minimum Gasteiger partial charge on any atom is -0.345 e. The molecule has 0 aromatic heterocycles. The smallest absolute Gasteiger partial charge is 0.246 e. The standard InChI is InChI=1S/C14H17NO/c1-12-8-10-13(11-9-12)6-4-5-7-14(16)15(2)3/h4-11H,1-3H3/b6-4+,7-5+. The Labute approximate surface area is 96.9 Å². The molecule has 2 heteroatoms. The highest BCUT2D eigenvalue weighted by atomic mass is 16.2. The summed E-state index contributed by atoms with van der Waals surface area (Å²) in [6.45, 7) is 2.06. The van der Waals surface area contributed by atoms with Gasteiger partial charge in [-0.3, -0.25) is 4.79 Å². The van der Waals surface area contributed by atoms with Crippen molar-refractivity contribution in [3.05, 3.63) is 53.6 Å². The molecule has 0 fully saturated rings. The van der Waals surface area contributed by atoms with E-state index in [4.69, 9.17) is 0 Å². The van der Waals surface area contributed by atoms with Crippen LogP contribution in [0.25, 0.3) is 6.08 Å². The molecule has 0 N–H and O–H groups in total. The van der Waals surface area contributed by atoms with Crippen molar-refractivity contribution >= 4 is 12.0 Å². The highest BCUT2D eigenvalue weighted by Gasteiger charge is 1.94. The Morgan fingerprint density at radius 2 is 1.75 bits per heavy atom. The zero-order chi connectivity index (χ0) is 12.0. The van der Waals surface area contributed by atoms with E-state index < -0.39 is 0 Å². The van der Waals surface area contributed by atoms with Crippen LogP contribution in [-0.4, -0.2) is 24.9 Å². The maximum atomic E-state index is 11.2. The Bertz CT molecular complexity index is 399. The second-order valence-corrected chi connectivity index (χ2v) is 3.86. The first kappa shape index (κ1) is 12.2. The summed E-state index contributed by atoms with van der Waals surface area (Å²) >= 11 is 0. The number of amides is 1. The van der Waals surface area contributed by atoms with Gasteiger partial charge in [-0.2, -0.15) is 0 Å². The van der Waals surface area contributed by atoms with Crippen molar-refractivity contribution in [2.75, 3.05) is 14.1 Å². The lowest BCUT2D eigenvalue weighted by molar-refractivity contribution is -0.123. The predicted octanol–water partition coefficient (Wildman–Crippen LogP) is 2.65. The van der Waals surface area contributed by atoms with E-state index in [-0.39, 0.29) is 5.91 Å². The lowest BCUT2D eigenvalue weighted by atomic mass is 10.1. The van der Waals surface area contributed by atoms with E-state index in [2.05, 4.69) is 19.1 Å². The van der Waals surface area contributed by atoms with Crippen molar-refractivity contribution in [1.29, 1.82) is 0 Å². The number of rotatable bonds is 3. The number of allylic oxidation sites excluding steroid dienone is 2. The number of carbonyl (C=O) groups excluding carboxylic acids is 1. The van der Waals surface area contributed by atoms with Crippen LogP contribution in [-0.2, 0) is 4.79 Å². The van der Waals surface area contributed by atoms with Crippen molar-refractivity contribution in [1.82, 2.24) is 4.90 Å². The zero-order valence-electron chi connectivity index (χ0n) is 9.97. The van der Waals surface area contributed by atoms with E-state index in [0.717, 1.165) is 5.56 Å². The van der Waals surface area contributed by atoms with Gasteiger partial charge in [-0.05, 0) is 12.5 Å². The van der Waals surface area contributed by atoms with Gasteiger partial charge in [0.15, 0.2) is 0 Å². The molecular formula is C14H17NO. The third-order valence-electron chi connectivity index (χ3n) is 2.16. The first-order chi connectivity index (χ1) is 7.59. The number of likely N-dealkylation sites (N-methyl/N-ethyl adjacent to an activating group) is 1. The molecule has 84 valence electrons. The monoisotopic (exact) mass is 215 g/mol. The molecule has 2 nitrogen and oxygen atoms in total. The van der Waals surface area contributed by atoms with Crippen molar-refractivity contribution in [2.45, 2.75) is 6.92 Å². The quantitative estimate of drug-likeness (QED) is 0.560. The number of nitrogens with zero attached hydrogens (tertiary/aromatic N) is 1. The van der Waals surface area contributed by atoms with Gasteiger partial charge in [-0.25, -0.2) is 0 Å². The molecule has 1 amide bonds. The molecule has 0 saturated carbocycles. The topological polar surface area (TPSA) is 20.3 Å². The normalized spacial score (nSPS) is 11.2. The second kappa shape index (κ2) is 5.91. The van der Waals surface area contributed by atoms with Crippen molar-refractivity contribution < 1.29 is 4.79 Å². The lowest BCUT2D eigenvalue weighted by Crippen LogP contribution is -2.18. The van der Waals surface area contributed by atoms with Gasteiger partial charge < -0.3 is 4.90 Å². The molecule has 0 atom stereocenters. The zero-order valence-corrected chi connectivity index (χ0v) is 9.97. The van der Waals surface area contributed by atoms with Gasteiger partial charge in [0, 0.05) is 20.2 Å². The number of carbonyl (C=O) groups is 1. The summed E-state index contributed by atoms with van der Waals surface area (Å²) in [5, 5.41) is 0. The van der Waals surface area contributed by atoms with Crippen LogP contribution in [0.4, 0.5) is 0 Å². The molecule has 0 unspecified atom stereocenters. The van der Waals surface area contributed by atoms with Gasteiger partial charge in [0.05, 0.1) is 0 Å². The molecule has 0 saturated heterocycles. The van der Waals surface area contributed by atoms with Crippen LogP contribution in [0.3, 0.4) is 0 Å². The highest BCUT2D eigenvalue weighted by molar-refractivity contribution is 5.87. The summed E-state index contributed by atoms with van der Waals surface area (Å²) in [6.07, 6.45) is 7.14. The van der Waals surface area contributed by atoms with Gasteiger partial charge in [0.2, 0.25) is 5.91 Å². The van der Waals surface area contributed by atoms with Gasteiger partial charge in [-0.1, -0.05) is 48.1 Å². The molecule has 1 rings (SSSR count). The molecule has 0 heterocycles. The van der Waals surface area contributed by atoms with Crippen LogP contribution in [0.2, 0.25) is 0 Å².